The van der Waals surface area contributed by atoms with Gasteiger partial charge < -0.3 is 18.9 Å². The predicted molar refractivity (Wildman–Crippen MR) is 81.5 cm³/mol. The van der Waals surface area contributed by atoms with Gasteiger partial charge in [-0.15, -0.1) is 0 Å². The van der Waals surface area contributed by atoms with E-state index in [9.17, 15) is 4.79 Å². The Hall–Kier alpha value is -2.50. The van der Waals surface area contributed by atoms with Crippen LogP contribution in [-0.2, 0) is 6.42 Å². The predicted octanol–water partition coefficient (Wildman–Crippen LogP) is 2.31. The third-order valence-corrected chi connectivity index (χ3v) is 3.37. The molecule has 1 aromatic carbocycles. The zero-order valence-corrected chi connectivity index (χ0v) is 13.3. The number of nitrogens with zero attached hydrogens (tertiary/aromatic N) is 2. The Kier molecular flexibility index (Phi) is 5.04. The Balaban J connectivity index is 1.99. The van der Waals surface area contributed by atoms with Crippen LogP contribution in [-0.4, -0.2) is 43.8 Å². The zero-order chi connectivity index (χ0) is 16.1. The largest absolute Gasteiger partial charge is 0.493 e. The van der Waals surface area contributed by atoms with E-state index in [0.717, 1.165) is 5.56 Å². The molecule has 1 aromatic heterocycles. The van der Waals surface area contributed by atoms with Crippen molar-refractivity contribution in [2.75, 3.05) is 27.8 Å². The van der Waals surface area contributed by atoms with Gasteiger partial charge in [0.25, 0.3) is 5.91 Å². The van der Waals surface area contributed by atoms with E-state index in [0.29, 0.717) is 30.2 Å². The summed E-state index contributed by atoms with van der Waals surface area (Å²) >= 11 is 0. The van der Waals surface area contributed by atoms with Crippen molar-refractivity contribution >= 4 is 5.91 Å². The third kappa shape index (κ3) is 3.58. The molecule has 6 nitrogen and oxygen atoms in total. The minimum absolute atomic E-state index is 0.180. The lowest BCUT2D eigenvalue weighted by atomic mass is 10.1. The van der Waals surface area contributed by atoms with Crippen LogP contribution in [0.1, 0.15) is 21.8 Å². The molecular formula is C16H20N2O4. The van der Waals surface area contributed by atoms with Crippen molar-refractivity contribution in [1.29, 1.82) is 0 Å². The van der Waals surface area contributed by atoms with Crippen molar-refractivity contribution < 1.29 is 18.8 Å². The molecular weight excluding hydrogens is 284 g/mol. The number of aryl methyl sites for hydroxylation is 1. The second-order valence-corrected chi connectivity index (χ2v) is 5.00. The molecule has 0 fully saturated rings. The number of benzene rings is 1. The first kappa shape index (κ1) is 15.9. The van der Waals surface area contributed by atoms with E-state index in [-0.39, 0.29) is 11.7 Å². The van der Waals surface area contributed by atoms with Crippen molar-refractivity contribution in [3.63, 3.8) is 0 Å². The topological polar surface area (TPSA) is 64.8 Å². The van der Waals surface area contributed by atoms with Gasteiger partial charge in [-0.25, -0.2) is 0 Å². The second-order valence-electron chi connectivity index (χ2n) is 5.00. The third-order valence-electron chi connectivity index (χ3n) is 3.37. The van der Waals surface area contributed by atoms with Crippen LogP contribution in [0.2, 0.25) is 0 Å². The average molecular weight is 304 g/mol. The Bertz CT molecular complexity index is 651. The van der Waals surface area contributed by atoms with Gasteiger partial charge in [0.05, 0.1) is 19.9 Å². The minimum Gasteiger partial charge on any atom is -0.493 e. The Morgan fingerprint density at radius 3 is 2.55 bits per heavy atom. The van der Waals surface area contributed by atoms with Gasteiger partial charge in [0, 0.05) is 19.7 Å². The lowest BCUT2D eigenvalue weighted by molar-refractivity contribution is 0.0755. The Morgan fingerprint density at radius 2 is 1.95 bits per heavy atom. The highest BCUT2D eigenvalue weighted by atomic mass is 16.5. The number of amides is 1. The fourth-order valence-electron chi connectivity index (χ4n) is 2.09. The standard InChI is InChI=1S/C16H20N2O4/c1-11-9-15(22-17-11)16(19)18(2)8-7-12-5-6-13(20-3)14(10-12)21-4/h5-6,9-10H,7-8H2,1-4H3. The molecule has 0 aliphatic carbocycles. The van der Waals surface area contributed by atoms with Crippen LogP contribution in [0.5, 0.6) is 11.5 Å². The summed E-state index contributed by atoms with van der Waals surface area (Å²) in [5.41, 5.74) is 1.75. The highest BCUT2D eigenvalue weighted by molar-refractivity contribution is 5.91. The monoisotopic (exact) mass is 304 g/mol. The lowest BCUT2D eigenvalue weighted by Gasteiger charge is -2.16. The van der Waals surface area contributed by atoms with Gasteiger partial charge in [-0.05, 0) is 31.0 Å². The zero-order valence-electron chi connectivity index (χ0n) is 13.3. The quantitative estimate of drug-likeness (QED) is 0.819. The summed E-state index contributed by atoms with van der Waals surface area (Å²) in [5, 5.41) is 3.73. The molecule has 0 N–H and O–H groups in total. The lowest BCUT2D eigenvalue weighted by Crippen LogP contribution is -2.28. The molecule has 2 aromatic rings. The van der Waals surface area contributed by atoms with Crippen LogP contribution in [0.15, 0.2) is 28.8 Å². The normalized spacial score (nSPS) is 10.4. The van der Waals surface area contributed by atoms with E-state index < -0.39 is 0 Å². The molecule has 0 aliphatic heterocycles. The van der Waals surface area contributed by atoms with Gasteiger partial charge >= 0.3 is 0 Å². The molecule has 0 spiro atoms. The summed E-state index contributed by atoms with van der Waals surface area (Å²) in [6, 6.07) is 7.36. The molecule has 0 radical (unpaired) electrons. The van der Waals surface area contributed by atoms with E-state index in [1.807, 2.05) is 18.2 Å². The summed E-state index contributed by atoms with van der Waals surface area (Å²) in [4.78, 5) is 13.8. The van der Waals surface area contributed by atoms with Gasteiger partial charge in [0.2, 0.25) is 5.76 Å². The minimum atomic E-state index is -0.180. The van der Waals surface area contributed by atoms with Crippen LogP contribution >= 0.6 is 0 Å². The number of ether oxygens (including phenoxy) is 2. The number of carbonyl (C=O) groups is 1. The number of carbonyl (C=O) groups excluding carboxylic acids is 1. The fourth-order valence-corrected chi connectivity index (χ4v) is 2.09. The number of hydrogen-bond acceptors (Lipinski definition) is 5. The van der Waals surface area contributed by atoms with Gasteiger partial charge in [-0.3, -0.25) is 4.79 Å². The van der Waals surface area contributed by atoms with E-state index >= 15 is 0 Å². The Morgan fingerprint density at radius 1 is 1.23 bits per heavy atom. The van der Waals surface area contributed by atoms with E-state index in [2.05, 4.69) is 5.16 Å². The molecule has 0 aliphatic rings. The van der Waals surface area contributed by atoms with Crippen LogP contribution in [0.25, 0.3) is 0 Å². The van der Waals surface area contributed by atoms with Crippen molar-refractivity contribution in [3.05, 3.63) is 41.3 Å². The highest BCUT2D eigenvalue weighted by Gasteiger charge is 2.16. The molecule has 0 saturated carbocycles. The van der Waals surface area contributed by atoms with Crippen LogP contribution < -0.4 is 9.47 Å². The SMILES string of the molecule is COc1ccc(CCN(C)C(=O)c2cc(C)no2)cc1OC. The van der Waals surface area contributed by atoms with Crippen molar-refractivity contribution in [1.82, 2.24) is 10.1 Å². The molecule has 6 heteroatoms. The van der Waals surface area contributed by atoms with Crippen molar-refractivity contribution in [3.8, 4) is 11.5 Å². The molecule has 0 saturated heterocycles. The van der Waals surface area contributed by atoms with E-state index in [1.54, 1.807) is 39.2 Å². The number of aromatic nitrogens is 1. The molecule has 118 valence electrons. The second kappa shape index (κ2) is 6.98. The highest BCUT2D eigenvalue weighted by Crippen LogP contribution is 2.27. The van der Waals surface area contributed by atoms with Crippen LogP contribution in [0.3, 0.4) is 0 Å². The number of rotatable bonds is 6. The maximum atomic E-state index is 12.2. The summed E-state index contributed by atoms with van der Waals surface area (Å²) in [7, 11) is 4.94. The number of hydrogen-bond donors (Lipinski definition) is 0. The number of methoxy groups -OCH3 is 2. The van der Waals surface area contributed by atoms with Crippen LogP contribution in [0, 0.1) is 6.92 Å². The molecule has 0 bridgehead atoms. The van der Waals surface area contributed by atoms with Gasteiger partial charge in [0.15, 0.2) is 11.5 Å². The smallest absolute Gasteiger partial charge is 0.292 e. The van der Waals surface area contributed by atoms with Gasteiger partial charge in [-0.1, -0.05) is 11.2 Å². The van der Waals surface area contributed by atoms with Crippen LogP contribution in [0.4, 0.5) is 0 Å². The number of likely N-dealkylation sites (N-methyl/N-ethyl adjacent to an activating group) is 1. The molecule has 0 unspecified atom stereocenters. The first-order valence-electron chi connectivity index (χ1n) is 6.95. The molecule has 0 atom stereocenters. The van der Waals surface area contributed by atoms with Gasteiger partial charge in [0.1, 0.15) is 0 Å². The maximum absolute atomic E-state index is 12.2. The van der Waals surface area contributed by atoms with Crippen molar-refractivity contribution in [2.45, 2.75) is 13.3 Å². The van der Waals surface area contributed by atoms with Gasteiger partial charge in [-0.2, -0.15) is 0 Å². The molecule has 2 rings (SSSR count). The average Bonchev–Trinajstić information content (AvgIpc) is 2.97. The summed E-state index contributed by atoms with van der Waals surface area (Å²) < 4.78 is 15.5. The fraction of sp³-hybridized carbons (Fsp3) is 0.375. The first-order valence-corrected chi connectivity index (χ1v) is 6.95. The molecule has 1 heterocycles. The van der Waals surface area contributed by atoms with Crippen molar-refractivity contribution in [2.24, 2.45) is 0 Å². The van der Waals surface area contributed by atoms with E-state index in [4.69, 9.17) is 14.0 Å². The maximum Gasteiger partial charge on any atom is 0.292 e. The summed E-state index contributed by atoms with van der Waals surface area (Å²) in [5.74, 6) is 1.45. The molecule has 1 amide bonds. The molecule has 22 heavy (non-hydrogen) atoms. The Labute approximate surface area is 129 Å². The summed E-state index contributed by atoms with van der Waals surface area (Å²) in [6.07, 6.45) is 0.704. The van der Waals surface area contributed by atoms with E-state index in [1.165, 1.54) is 0 Å². The first-order chi connectivity index (χ1) is 10.5. The summed E-state index contributed by atoms with van der Waals surface area (Å²) in [6.45, 7) is 2.35.